The molecule has 3 heterocycles. The Kier molecular flexibility index (Phi) is 4.23. The van der Waals surface area contributed by atoms with Crippen LogP contribution in [0.4, 0.5) is 0 Å². The van der Waals surface area contributed by atoms with Gasteiger partial charge in [0.1, 0.15) is 0 Å². The number of fused-ring (bicyclic) bond motifs is 1. The second kappa shape index (κ2) is 5.94. The molecule has 2 aliphatic heterocycles. The molecule has 2 amide bonds. The van der Waals surface area contributed by atoms with Gasteiger partial charge in [-0.2, -0.15) is 0 Å². The molecule has 7 nitrogen and oxygen atoms in total. The first kappa shape index (κ1) is 17.1. The van der Waals surface area contributed by atoms with Crippen LogP contribution in [0.5, 0.6) is 0 Å². The molecule has 0 spiro atoms. The van der Waals surface area contributed by atoms with Crippen molar-refractivity contribution in [2.45, 2.75) is 25.4 Å². The van der Waals surface area contributed by atoms with Crippen molar-refractivity contribution >= 4 is 29.1 Å². The minimum Gasteiger partial charge on any atom is -0.468 e. The van der Waals surface area contributed by atoms with Crippen molar-refractivity contribution < 1.29 is 24.2 Å². The first-order valence-corrected chi connectivity index (χ1v) is 8.61. The van der Waals surface area contributed by atoms with E-state index in [1.165, 1.54) is 18.4 Å². The number of thiophene rings is 1. The van der Waals surface area contributed by atoms with Crippen LogP contribution in [0, 0.1) is 18.8 Å². The van der Waals surface area contributed by atoms with Crippen molar-refractivity contribution in [1.82, 2.24) is 10.2 Å². The number of nitrogens with zero attached hydrogens (tertiary/aromatic N) is 1. The number of aliphatic hydroxyl groups excluding tert-OH is 1. The average molecular weight is 352 g/mol. The van der Waals surface area contributed by atoms with Gasteiger partial charge in [-0.3, -0.25) is 19.8 Å². The van der Waals surface area contributed by atoms with E-state index in [0.29, 0.717) is 0 Å². The van der Waals surface area contributed by atoms with Crippen LogP contribution in [0.3, 0.4) is 0 Å². The number of hydrogen-bond donors (Lipinski definition) is 2. The molecule has 24 heavy (non-hydrogen) atoms. The molecule has 0 bridgehead atoms. The largest absolute Gasteiger partial charge is 0.468 e. The van der Waals surface area contributed by atoms with Crippen LogP contribution in [-0.2, 0) is 19.1 Å². The highest BCUT2D eigenvalue weighted by atomic mass is 32.1. The second-order valence-electron chi connectivity index (χ2n) is 6.12. The number of ether oxygens (including phenoxy) is 1. The van der Waals surface area contributed by atoms with E-state index in [2.05, 4.69) is 5.32 Å². The van der Waals surface area contributed by atoms with Gasteiger partial charge in [0.2, 0.25) is 11.8 Å². The van der Waals surface area contributed by atoms with Gasteiger partial charge in [0.05, 0.1) is 31.6 Å². The summed E-state index contributed by atoms with van der Waals surface area (Å²) in [5, 5.41) is 13.0. The quantitative estimate of drug-likeness (QED) is 0.595. The van der Waals surface area contributed by atoms with Crippen molar-refractivity contribution in [3.8, 4) is 0 Å². The van der Waals surface area contributed by atoms with Crippen molar-refractivity contribution in [3.05, 3.63) is 21.9 Å². The van der Waals surface area contributed by atoms with Crippen LogP contribution in [-0.4, -0.2) is 53.6 Å². The summed E-state index contributed by atoms with van der Waals surface area (Å²) in [6.07, 6.45) is 0. The van der Waals surface area contributed by atoms with E-state index in [9.17, 15) is 19.5 Å². The Morgan fingerprint density at radius 2 is 2.12 bits per heavy atom. The van der Waals surface area contributed by atoms with E-state index in [1.54, 1.807) is 6.92 Å². The molecule has 2 N–H and O–H groups in total. The molecule has 0 saturated carbocycles. The molecule has 2 aliphatic rings. The van der Waals surface area contributed by atoms with Gasteiger partial charge in [0.15, 0.2) is 5.54 Å². The van der Waals surface area contributed by atoms with Gasteiger partial charge in [-0.15, -0.1) is 11.3 Å². The van der Waals surface area contributed by atoms with Crippen molar-refractivity contribution in [1.29, 1.82) is 0 Å². The summed E-state index contributed by atoms with van der Waals surface area (Å²) in [5.74, 6) is -3.16. The normalized spacial score (nSPS) is 32.3. The Morgan fingerprint density at radius 3 is 2.62 bits per heavy atom. The first-order chi connectivity index (χ1) is 11.4. The molecular weight excluding hydrogens is 332 g/mol. The number of methoxy groups -OCH3 is 1. The molecule has 0 radical (unpaired) electrons. The highest BCUT2D eigenvalue weighted by Gasteiger charge is 2.68. The van der Waals surface area contributed by atoms with Crippen molar-refractivity contribution in [2.75, 3.05) is 20.3 Å². The summed E-state index contributed by atoms with van der Waals surface area (Å²) in [6.45, 7) is 3.29. The topological polar surface area (TPSA) is 95.9 Å². The maximum absolute atomic E-state index is 12.8. The number of likely N-dealkylation sites (tertiary alicyclic amines) is 1. The predicted molar refractivity (Wildman–Crippen MR) is 86.1 cm³/mol. The number of hydrogen-bond acceptors (Lipinski definition) is 7. The molecule has 2 saturated heterocycles. The lowest BCUT2D eigenvalue weighted by Gasteiger charge is -2.30. The Morgan fingerprint density at radius 1 is 1.42 bits per heavy atom. The summed E-state index contributed by atoms with van der Waals surface area (Å²) < 4.78 is 4.84. The molecular formula is C16H20N2O5S. The van der Waals surface area contributed by atoms with Gasteiger partial charge < -0.3 is 9.84 Å². The summed E-state index contributed by atoms with van der Waals surface area (Å²) in [6, 6.07) is 3.30. The molecule has 0 unspecified atom stereocenters. The number of aryl methyl sites for hydroxylation is 1. The zero-order valence-electron chi connectivity index (χ0n) is 13.7. The minimum atomic E-state index is -1.60. The smallest absolute Gasteiger partial charge is 0.329 e. The zero-order valence-corrected chi connectivity index (χ0v) is 14.6. The van der Waals surface area contributed by atoms with Crippen molar-refractivity contribution in [3.63, 3.8) is 0 Å². The highest BCUT2D eigenvalue weighted by Crippen LogP contribution is 2.49. The maximum Gasteiger partial charge on any atom is 0.329 e. The lowest BCUT2D eigenvalue weighted by molar-refractivity contribution is -0.156. The lowest BCUT2D eigenvalue weighted by atomic mass is 9.80. The van der Waals surface area contributed by atoms with E-state index < -0.39 is 41.9 Å². The van der Waals surface area contributed by atoms with E-state index in [-0.39, 0.29) is 12.5 Å². The van der Waals surface area contributed by atoms with Gasteiger partial charge in [-0.05, 0) is 26.0 Å². The molecule has 8 heteroatoms. The minimum absolute atomic E-state index is 0.240. The number of nitrogens with one attached hydrogen (secondary N) is 1. The third-order valence-corrected chi connectivity index (χ3v) is 6.01. The number of carbonyl (C=O) groups is 3. The van der Waals surface area contributed by atoms with Gasteiger partial charge in [-0.25, -0.2) is 4.79 Å². The Labute approximate surface area is 143 Å². The third-order valence-electron chi connectivity index (χ3n) is 4.93. The van der Waals surface area contributed by atoms with Crippen LogP contribution in [0.1, 0.15) is 22.7 Å². The number of esters is 1. The second-order valence-corrected chi connectivity index (χ2v) is 7.44. The molecule has 1 aromatic heterocycles. The van der Waals surface area contributed by atoms with Crippen LogP contribution in [0.2, 0.25) is 0 Å². The number of imide groups is 1. The third kappa shape index (κ3) is 2.13. The number of rotatable bonds is 4. The summed E-state index contributed by atoms with van der Waals surface area (Å²) in [4.78, 5) is 41.0. The SMILES string of the molecule is CCN1C(=O)[C@H]2[C@@H](c3ccc(C)s3)N[C@@](CO)(C(=O)OC)[C@H]2C1=O. The van der Waals surface area contributed by atoms with Gasteiger partial charge in [-0.1, -0.05) is 0 Å². The van der Waals surface area contributed by atoms with Gasteiger partial charge in [0, 0.05) is 16.3 Å². The Balaban J connectivity index is 2.13. The van der Waals surface area contributed by atoms with Crippen LogP contribution in [0.15, 0.2) is 12.1 Å². The van der Waals surface area contributed by atoms with Crippen LogP contribution in [0.25, 0.3) is 0 Å². The fourth-order valence-corrected chi connectivity index (χ4v) is 4.80. The van der Waals surface area contributed by atoms with Gasteiger partial charge >= 0.3 is 5.97 Å². The van der Waals surface area contributed by atoms with E-state index >= 15 is 0 Å². The number of aliphatic hydroxyl groups is 1. The van der Waals surface area contributed by atoms with Gasteiger partial charge in [0.25, 0.3) is 0 Å². The first-order valence-electron chi connectivity index (χ1n) is 7.79. The number of carbonyl (C=O) groups excluding carboxylic acids is 3. The monoisotopic (exact) mass is 352 g/mol. The summed E-state index contributed by atoms with van der Waals surface area (Å²) in [5.41, 5.74) is -1.60. The highest BCUT2D eigenvalue weighted by molar-refractivity contribution is 7.12. The Bertz CT molecular complexity index is 702. The summed E-state index contributed by atoms with van der Waals surface area (Å²) >= 11 is 1.50. The Hall–Kier alpha value is -1.77. The molecule has 0 aliphatic carbocycles. The molecule has 2 fully saturated rings. The number of amides is 2. The standard InChI is InChI=1S/C16H20N2O5S/c1-4-18-13(20)10-11(14(18)21)16(7-19,15(22)23-3)17-12(10)9-6-5-8(2)24-9/h5-6,10-12,17,19H,4,7H2,1-3H3/t10-,11-,12-,16-/m1/s1. The molecule has 130 valence electrons. The molecule has 1 aromatic rings. The van der Waals surface area contributed by atoms with Crippen molar-refractivity contribution in [2.24, 2.45) is 11.8 Å². The van der Waals surface area contributed by atoms with Crippen LogP contribution >= 0.6 is 11.3 Å². The average Bonchev–Trinajstić information content (AvgIpc) is 3.22. The lowest BCUT2D eigenvalue weighted by Crippen LogP contribution is -2.58. The fourth-order valence-electron chi connectivity index (χ4n) is 3.82. The molecule has 3 rings (SSSR count). The maximum atomic E-state index is 12.8. The zero-order chi connectivity index (χ0) is 17.6. The predicted octanol–water partition coefficient (Wildman–Crippen LogP) is 0.226. The van der Waals surface area contributed by atoms with E-state index in [4.69, 9.17) is 4.74 Å². The summed E-state index contributed by atoms with van der Waals surface area (Å²) in [7, 11) is 1.21. The van der Waals surface area contributed by atoms with E-state index in [1.807, 2.05) is 19.1 Å². The fraction of sp³-hybridized carbons (Fsp3) is 0.562. The van der Waals surface area contributed by atoms with E-state index in [0.717, 1.165) is 14.7 Å². The molecule has 0 aromatic carbocycles. The molecule has 4 atom stereocenters. The van der Waals surface area contributed by atoms with Crippen LogP contribution < -0.4 is 5.32 Å².